The van der Waals surface area contributed by atoms with Crippen molar-refractivity contribution in [3.05, 3.63) is 93.7 Å². The highest BCUT2D eigenvalue weighted by Crippen LogP contribution is 2.26. The predicted molar refractivity (Wildman–Crippen MR) is 115 cm³/mol. The lowest BCUT2D eigenvalue weighted by molar-refractivity contribution is -0.115. The van der Waals surface area contributed by atoms with E-state index in [-0.39, 0.29) is 5.91 Å². The first-order valence-corrected chi connectivity index (χ1v) is 10.2. The number of anilines is 1. The molecule has 1 amide bonds. The minimum absolute atomic E-state index is 0.0139. The van der Waals surface area contributed by atoms with Gasteiger partial charge >= 0.3 is 0 Å². The summed E-state index contributed by atoms with van der Waals surface area (Å²) < 4.78 is 0.982. The van der Waals surface area contributed by atoms with Crippen molar-refractivity contribution in [1.29, 1.82) is 0 Å². The Morgan fingerprint density at radius 3 is 2.71 bits per heavy atom. The molecule has 1 aromatic heterocycles. The van der Waals surface area contributed by atoms with Crippen LogP contribution in [0.25, 0.3) is 0 Å². The van der Waals surface area contributed by atoms with Crippen LogP contribution >= 0.6 is 15.9 Å². The van der Waals surface area contributed by atoms with Crippen LogP contribution in [-0.4, -0.2) is 22.3 Å². The predicted octanol–water partition coefficient (Wildman–Crippen LogP) is 4.58. The first-order chi connectivity index (χ1) is 13.7. The maximum Gasteiger partial charge on any atom is 0.228 e. The Hall–Kier alpha value is -2.50. The molecule has 1 N–H and O–H groups in total. The molecule has 0 bridgehead atoms. The van der Waals surface area contributed by atoms with Gasteiger partial charge in [0.05, 0.1) is 18.3 Å². The van der Waals surface area contributed by atoms with Crippen LogP contribution in [0.3, 0.4) is 0 Å². The van der Waals surface area contributed by atoms with Crippen molar-refractivity contribution in [2.24, 2.45) is 0 Å². The summed E-state index contributed by atoms with van der Waals surface area (Å²) in [6, 6.07) is 18.4. The number of pyridine rings is 1. The average molecular weight is 436 g/mol. The van der Waals surface area contributed by atoms with Gasteiger partial charge in [-0.15, -0.1) is 0 Å². The molecule has 0 saturated heterocycles. The van der Waals surface area contributed by atoms with Gasteiger partial charge in [0.2, 0.25) is 5.91 Å². The summed E-state index contributed by atoms with van der Waals surface area (Å²) in [5.74, 6) is -0.0139. The first-order valence-electron chi connectivity index (χ1n) is 9.44. The Bertz CT molecular complexity index is 975. The first kappa shape index (κ1) is 18.8. The summed E-state index contributed by atoms with van der Waals surface area (Å²) in [5.41, 5.74) is 5.55. The Balaban J connectivity index is 1.43. The second kappa shape index (κ2) is 8.67. The Morgan fingerprint density at radius 1 is 1.07 bits per heavy atom. The van der Waals surface area contributed by atoms with Gasteiger partial charge in [-0.05, 0) is 40.8 Å². The highest BCUT2D eigenvalue weighted by molar-refractivity contribution is 9.10. The van der Waals surface area contributed by atoms with Gasteiger partial charge in [-0.25, -0.2) is 0 Å². The van der Waals surface area contributed by atoms with Crippen molar-refractivity contribution in [1.82, 2.24) is 9.88 Å². The molecule has 28 heavy (non-hydrogen) atoms. The molecule has 5 heteroatoms. The second-order valence-electron chi connectivity index (χ2n) is 7.13. The Kier molecular flexibility index (Phi) is 5.84. The van der Waals surface area contributed by atoms with E-state index in [1.54, 1.807) is 6.20 Å². The maximum atomic E-state index is 12.5. The monoisotopic (exact) mass is 435 g/mol. The topological polar surface area (TPSA) is 45.2 Å². The van der Waals surface area contributed by atoms with Crippen LogP contribution in [0.5, 0.6) is 0 Å². The van der Waals surface area contributed by atoms with Gasteiger partial charge in [0.25, 0.3) is 0 Å². The van der Waals surface area contributed by atoms with Gasteiger partial charge in [-0.1, -0.05) is 58.4 Å². The fourth-order valence-corrected chi connectivity index (χ4v) is 4.11. The molecule has 1 aliphatic heterocycles. The lowest BCUT2D eigenvalue weighted by atomic mass is 9.99. The molecule has 1 aliphatic rings. The lowest BCUT2D eigenvalue weighted by Crippen LogP contribution is -2.31. The molecule has 4 nitrogen and oxygen atoms in total. The van der Waals surface area contributed by atoms with Crippen LogP contribution in [0.2, 0.25) is 0 Å². The third-order valence-corrected chi connectivity index (χ3v) is 5.49. The third-order valence-electron chi connectivity index (χ3n) is 5.00. The van der Waals surface area contributed by atoms with Crippen LogP contribution < -0.4 is 5.32 Å². The number of rotatable bonds is 5. The molecule has 0 saturated carbocycles. The number of carbonyl (C=O) groups excluding carboxylic acids is 1. The van der Waals surface area contributed by atoms with Crippen molar-refractivity contribution in [3.8, 4) is 0 Å². The van der Waals surface area contributed by atoms with Gasteiger partial charge in [-0.3, -0.25) is 14.7 Å². The molecule has 142 valence electrons. The van der Waals surface area contributed by atoms with Gasteiger partial charge in [0.1, 0.15) is 0 Å². The minimum Gasteiger partial charge on any atom is -0.324 e. The molecule has 3 aromatic rings. The summed E-state index contributed by atoms with van der Waals surface area (Å²) in [6.45, 7) is 2.76. The smallest absolute Gasteiger partial charge is 0.228 e. The number of amides is 1. The molecule has 2 heterocycles. The standard InChI is InChI=1S/C23H22BrN3O/c24-20-8-4-7-18(11-20)12-23(28)26-22-14-25-13-19-16-27(10-9-21(19)22)15-17-5-2-1-3-6-17/h1-8,11,13-14H,9-10,12,15-16H2,(H,26,28). The van der Waals surface area contributed by atoms with E-state index in [9.17, 15) is 4.79 Å². The van der Waals surface area contributed by atoms with Crippen LogP contribution in [-0.2, 0) is 30.7 Å². The zero-order chi connectivity index (χ0) is 19.3. The Labute approximate surface area is 173 Å². The normalized spacial score (nSPS) is 13.8. The summed E-state index contributed by atoms with van der Waals surface area (Å²) in [5, 5.41) is 3.07. The number of nitrogens with one attached hydrogen (secondary N) is 1. The highest BCUT2D eigenvalue weighted by atomic mass is 79.9. The molecule has 0 unspecified atom stereocenters. The molecule has 0 spiro atoms. The quantitative estimate of drug-likeness (QED) is 0.637. The number of halogens is 1. The van der Waals surface area contributed by atoms with Crippen molar-refractivity contribution in [3.63, 3.8) is 0 Å². The third kappa shape index (κ3) is 4.66. The van der Waals surface area contributed by atoms with Crippen molar-refractivity contribution in [2.45, 2.75) is 25.9 Å². The van der Waals surface area contributed by atoms with Gasteiger partial charge in [-0.2, -0.15) is 0 Å². The van der Waals surface area contributed by atoms with Crippen molar-refractivity contribution >= 4 is 27.5 Å². The fourth-order valence-electron chi connectivity index (χ4n) is 3.66. The van der Waals surface area contributed by atoms with Crippen LogP contribution in [0, 0.1) is 0 Å². The number of hydrogen-bond acceptors (Lipinski definition) is 3. The van der Waals surface area contributed by atoms with Crippen LogP contribution in [0.4, 0.5) is 5.69 Å². The summed E-state index contributed by atoms with van der Waals surface area (Å²) >= 11 is 3.45. The largest absolute Gasteiger partial charge is 0.324 e. The average Bonchev–Trinajstić information content (AvgIpc) is 2.69. The lowest BCUT2D eigenvalue weighted by Gasteiger charge is -2.29. The number of carbonyl (C=O) groups is 1. The van der Waals surface area contributed by atoms with E-state index < -0.39 is 0 Å². The van der Waals surface area contributed by atoms with E-state index in [2.05, 4.69) is 55.4 Å². The van der Waals surface area contributed by atoms with E-state index in [0.29, 0.717) is 6.42 Å². The number of aromatic nitrogens is 1. The van der Waals surface area contributed by atoms with Crippen molar-refractivity contribution in [2.75, 3.05) is 11.9 Å². The second-order valence-corrected chi connectivity index (χ2v) is 8.04. The van der Waals surface area contributed by atoms with E-state index in [0.717, 1.165) is 41.8 Å². The van der Waals surface area contributed by atoms with E-state index in [4.69, 9.17) is 0 Å². The van der Waals surface area contributed by atoms with Gasteiger partial charge in [0.15, 0.2) is 0 Å². The molecular formula is C23H22BrN3O. The number of nitrogens with zero attached hydrogens (tertiary/aromatic N) is 2. The number of benzene rings is 2. The minimum atomic E-state index is -0.0139. The number of fused-ring (bicyclic) bond motifs is 1. The summed E-state index contributed by atoms with van der Waals surface area (Å²) in [6.07, 6.45) is 4.96. The van der Waals surface area contributed by atoms with Gasteiger partial charge < -0.3 is 5.32 Å². The summed E-state index contributed by atoms with van der Waals surface area (Å²) in [7, 11) is 0. The zero-order valence-electron chi connectivity index (χ0n) is 15.6. The molecule has 4 rings (SSSR count). The zero-order valence-corrected chi connectivity index (χ0v) is 17.2. The van der Waals surface area contributed by atoms with E-state index in [1.165, 1.54) is 16.7 Å². The maximum absolute atomic E-state index is 12.5. The van der Waals surface area contributed by atoms with E-state index in [1.807, 2.05) is 36.5 Å². The molecule has 0 fully saturated rings. The Morgan fingerprint density at radius 2 is 1.89 bits per heavy atom. The highest BCUT2D eigenvalue weighted by Gasteiger charge is 2.20. The SMILES string of the molecule is O=C(Cc1cccc(Br)c1)Nc1cncc2c1CCN(Cc1ccccc1)C2. The number of hydrogen-bond donors (Lipinski definition) is 1. The molecule has 0 aliphatic carbocycles. The molecule has 0 radical (unpaired) electrons. The summed E-state index contributed by atoms with van der Waals surface area (Å²) in [4.78, 5) is 19.3. The van der Waals surface area contributed by atoms with Gasteiger partial charge in [0, 0.05) is 30.3 Å². The fraction of sp³-hybridized carbons (Fsp3) is 0.217. The van der Waals surface area contributed by atoms with Crippen LogP contribution in [0.1, 0.15) is 22.3 Å². The molecular weight excluding hydrogens is 414 g/mol. The van der Waals surface area contributed by atoms with Crippen LogP contribution in [0.15, 0.2) is 71.5 Å². The van der Waals surface area contributed by atoms with E-state index >= 15 is 0 Å². The molecule has 0 atom stereocenters. The van der Waals surface area contributed by atoms with Crippen molar-refractivity contribution < 1.29 is 4.79 Å². The molecule has 2 aromatic carbocycles.